The van der Waals surface area contributed by atoms with Crippen LogP contribution in [0.5, 0.6) is 0 Å². The highest BCUT2D eigenvalue weighted by Crippen LogP contribution is 2.29. The zero-order valence-corrected chi connectivity index (χ0v) is 19.6. The molecule has 1 fully saturated rings. The van der Waals surface area contributed by atoms with Gasteiger partial charge in [-0.1, -0.05) is 49.7 Å². The average molecular weight is 466 g/mol. The lowest BCUT2D eigenvalue weighted by Crippen LogP contribution is -2.53. The van der Waals surface area contributed by atoms with Crippen molar-refractivity contribution < 1.29 is 9.59 Å². The van der Waals surface area contributed by atoms with E-state index in [0.717, 1.165) is 17.9 Å². The predicted octanol–water partition coefficient (Wildman–Crippen LogP) is 4.34. The molecule has 33 heavy (non-hydrogen) atoms. The Labute approximate surface area is 197 Å². The molecule has 1 aromatic heterocycles. The fourth-order valence-electron chi connectivity index (χ4n) is 4.42. The number of hydrogen-bond donors (Lipinski definition) is 2. The number of nitrogens with one attached hydrogen (secondary N) is 2. The Balaban J connectivity index is 1.44. The number of H-pyrrole nitrogens is 1. The Kier molecular flexibility index (Phi) is 6.84. The number of fused-ring (bicyclic) bond motifs is 1. The van der Waals surface area contributed by atoms with E-state index in [4.69, 9.17) is 11.6 Å². The maximum absolute atomic E-state index is 13.3. The summed E-state index contributed by atoms with van der Waals surface area (Å²) in [5, 5.41) is 4.10. The van der Waals surface area contributed by atoms with Gasteiger partial charge in [0.25, 0.3) is 5.91 Å². The number of amides is 2. The van der Waals surface area contributed by atoms with E-state index in [1.54, 1.807) is 24.3 Å². The van der Waals surface area contributed by atoms with Crippen LogP contribution in [0.1, 0.15) is 48.7 Å². The van der Waals surface area contributed by atoms with E-state index < -0.39 is 11.9 Å². The minimum Gasteiger partial charge on any atom is -0.350 e. The van der Waals surface area contributed by atoms with Crippen molar-refractivity contribution in [2.45, 2.75) is 38.6 Å². The number of para-hydroxylation sites is 1. The second-order valence-corrected chi connectivity index (χ2v) is 9.38. The van der Waals surface area contributed by atoms with Crippen molar-refractivity contribution in [3.8, 4) is 0 Å². The van der Waals surface area contributed by atoms with Gasteiger partial charge in [-0.3, -0.25) is 14.4 Å². The lowest BCUT2D eigenvalue weighted by molar-refractivity contribution is -0.135. The van der Waals surface area contributed by atoms with Crippen LogP contribution < -0.4 is 10.7 Å². The van der Waals surface area contributed by atoms with Crippen molar-refractivity contribution in [3.63, 3.8) is 0 Å². The molecule has 0 unspecified atom stereocenters. The first-order valence-corrected chi connectivity index (χ1v) is 11.7. The summed E-state index contributed by atoms with van der Waals surface area (Å²) < 4.78 is 0. The third-order valence-electron chi connectivity index (χ3n) is 6.35. The van der Waals surface area contributed by atoms with Gasteiger partial charge in [-0.05, 0) is 54.5 Å². The smallest absolute Gasteiger partial charge is 0.268 e. The summed E-state index contributed by atoms with van der Waals surface area (Å²) >= 11 is 6.00. The van der Waals surface area contributed by atoms with Crippen LogP contribution in [0.4, 0.5) is 0 Å². The monoisotopic (exact) mass is 465 g/mol. The first kappa shape index (κ1) is 23.1. The predicted molar refractivity (Wildman–Crippen MR) is 131 cm³/mol. The van der Waals surface area contributed by atoms with Crippen molar-refractivity contribution in [2.75, 3.05) is 13.1 Å². The second kappa shape index (κ2) is 9.79. The Morgan fingerprint density at radius 1 is 1.06 bits per heavy atom. The third kappa shape index (κ3) is 5.11. The van der Waals surface area contributed by atoms with Crippen molar-refractivity contribution >= 4 is 34.3 Å². The maximum Gasteiger partial charge on any atom is 0.268 e. The molecule has 1 aliphatic rings. The summed E-state index contributed by atoms with van der Waals surface area (Å²) in [5.74, 6) is -0.249. The summed E-state index contributed by atoms with van der Waals surface area (Å²) in [6.45, 7) is 5.09. The molecule has 0 saturated carbocycles. The molecule has 6 nitrogen and oxygen atoms in total. The highest BCUT2D eigenvalue weighted by atomic mass is 35.5. The summed E-state index contributed by atoms with van der Waals surface area (Å²) in [4.78, 5) is 43.5. The molecule has 2 aromatic carbocycles. The number of nitrogens with zero attached hydrogens (tertiary/aromatic N) is 1. The first-order chi connectivity index (χ1) is 15.8. The second-order valence-electron chi connectivity index (χ2n) is 8.94. The fraction of sp³-hybridized carbons (Fsp3) is 0.346. The van der Waals surface area contributed by atoms with Crippen molar-refractivity contribution in [2.24, 2.45) is 5.92 Å². The minimum absolute atomic E-state index is 0.0870. The Morgan fingerprint density at radius 3 is 2.39 bits per heavy atom. The Hall–Kier alpha value is -3.12. The van der Waals surface area contributed by atoms with Crippen LogP contribution in [0.3, 0.4) is 0 Å². The number of halogens is 1. The van der Waals surface area contributed by atoms with Crippen LogP contribution in [0.2, 0.25) is 5.02 Å². The molecule has 1 saturated heterocycles. The van der Waals surface area contributed by atoms with Gasteiger partial charge in [-0.15, -0.1) is 0 Å². The quantitative estimate of drug-likeness (QED) is 0.588. The maximum atomic E-state index is 13.3. The lowest BCUT2D eigenvalue weighted by atomic mass is 9.89. The van der Waals surface area contributed by atoms with Crippen LogP contribution in [0.15, 0.2) is 59.4 Å². The summed E-state index contributed by atoms with van der Waals surface area (Å²) in [6.07, 6.45) is 1.73. The summed E-state index contributed by atoms with van der Waals surface area (Å²) in [5.41, 5.74) is 1.75. The SMILES string of the molecule is CC(C)[C@@H](NC(=O)c1cc(=O)c2ccccc2[nH]1)C(=O)N1CCC(c2ccc(Cl)cc2)CC1. The zero-order valence-electron chi connectivity index (χ0n) is 18.8. The molecule has 0 radical (unpaired) electrons. The molecule has 0 aliphatic carbocycles. The van der Waals surface area contributed by atoms with E-state index in [2.05, 4.69) is 10.3 Å². The molecule has 172 valence electrons. The summed E-state index contributed by atoms with van der Waals surface area (Å²) in [6, 6.07) is 15.6. The molecule has 0 bridgehead atoms. The number of aromatic amines is 1. The van der Waals surface area contributed by atoms with Gasteiger partial charge in [0.2, 0.25) is 5.91 Å². The van der Waals surface area contributed by atoms with Gasteiger partial charge in [0.1, 0.15) is 11.7 Å². The first-order valence-electron chi connectivity index (χ1n) is 11.3. The number of likely N-dealkylation sites (tertiary alicyclic amines) is 1. The molecule has 1 aliphatic heterocycles. The number of hydrogen-bond acceptors (Lipinski definition) is 3. The number of carbonyl (C=O) groups excluding carboxylic acids is 2. The van der Waals surface area contributed by atoms with Gasteiger partial charge in [-0.2, -0.15) is 0 Å². The average Bonchev–Trinajstić information content (AvgIpc) is 2.82. The lowest BCUT2D eigenvalue weighted by Gasteiger charge is -2.35. The van der Waals surface area contributed by atoms with Crippen LogP contribution in [0, 0.1) is 5.92 Å². The number of piperidine rings is 1. The van der Waals surface area contributed by atoms with Crippen molar-refractivity contribution in [3.05, 3.63) is 81.1 Å². The standard InChI is InChI=1S/C26H28ClN3O3/c1-16(2)24(29-25(32)22-15-23(31)20-5-3-4-6-21(20)28-22)26(33)30-13-11-18(12-14-30)17-7-9-19(27)10-8-17/h3-10,15-16,18,24H,11-14H2,1-2H3,(H,28,31)(H,29,32)/t24-/m1/s1. The van der Waals surface area contributed by atoms with Gasteiger partial charge in [0, 0.05) is 35.1 Å². The normalized spacial score (nSPS) is 15.6. The van der Waals surface area contributed by atoms with E-state index >= 15 is 0 Å². The van der Waals surface area contributed by atoms with Gasteiger partial charge in [0.15, 0.2) is 5.43 Å². The number of rotatable bonds is 5. The van der Waals surface area contributed by atoms with E-state index in [-0.39, 0.29) is 22.9 Å². The number of carbonyl (C=O) groups is 2. The van der Waals surface area contributed by atoms with Gasteiger partial charge >= 0.3 is 0 Å². The highest BCUT2D eigenvalue weighted by molar-refractivity contribution is 6.30. The minimum atomic E-state index is -0.667. The van der Waals surface area contributed by atoms with Crippen LogP contribution in [0.25, 0.3) is 10.9 Å². The van der Waals surface area contributed by atoms with Crippen LogP contribution >= 0.6 is 11.6 Å². The molecule has 3 aromatic rings. The number of pyridine rings is 1. The van der Waals surface area contributed by atoms with Gasteiger partial charge in [0.05, 0.1) is 0 Å². The van der Waals surface area contributed by atoms with Crippen molar-refractivity contribution in [1.29, 1.82) is 0 Å². The Bertz CT molecular complexity index is 1210. The van der Waals surface area contributed by atoms with Crippen LogP contribution in [-0.4, -0.2) is 40.8 Å². The molecule has 0 spiro atoms. The molecular formula is C26H28ClN3O3. The van der Waals surface area contributed by atoms with Gasteiger partial charge < -0.3 is 15.2 Å². The molecule has 1 atom stereocenters. The number of benzene rings is 2. The van der Waals surface area contributed by atoms with Crippen molar-refractivity contribution in [1.82, 2.24) is 15.2 Å². The van der Waals surface area contributed by atoms with E-state index in [1.807, 2.05) is 43.0 Å². The van der Waals surface area contributed by atoms with E-state index in [0.29, 0.717) is 29.9 Å². The topological polar surface area (TPSA) is 82.3 Å². The molecule has 4 rings (SSSR count). The van der Waals surface area contributed by atoms with E-state index in [9.17, 15) is 14.4 Å². The molecule has 2 amide bonds. The molecular weight excluding hydrogens is 438 g/mol. The molecule has 7 heteroatoms. The summed E-state index contributed by atoms with van der Waals surface area (Å²) in [7, 11) is 0. The largest absolute Gasteiger partial charge is 0.350 e. The highest BCUT2D eigenvalue weighted by Gasteiger charge is 2.32. The molecule has 2 heterocycles. The van der Waals surface area contributed by atoms with Gasteiger partial charge in [-0.25, -0.2) is 0 Å². The third-order valence-corrected chi connectivity index (χ3v) is 6.60. The zero-order chi connectivity index (χ0) is 23.5. The Morgan fingerprint density at radius 2 is 1.73 bits per heavy atom. The number of aromatic nitrogens is 1. The van der Waals surface area contributed by atoms with Crippen LogP contribution in [-0.2, 0) is 4.79 Å². The van der Waals surface area contributed by atoms with E-state index in [1.165, 1.54) is 11.6 Å². The molecule has 2 N–H and O–H groups in total. The fourth-order valence-corrected chi connectivity index (χ4v) is 4.54.